The normalized spacial score (nSPS) is 10.8. The number of hydrogen-bond donors (Lipinski definition) is 1. The van der Waals surface area contributed by atoms with Gasteiger partial charge in [0.2, 0.25) is 0 Å². The van der Waals surface area contributed by atoms with Crippen LogP contribution in [0.1, 0.15) is 44.7 Å². The number of rotatable bonds is 5. The zero-order valence-corrected chi connectivity index (χ0v) is 16.1. The number of H-pyrrole nitrogens is 1. The predicted molar refractivity (Wildman–Crippen MR) is 104 cm³/mol. The number of benzene rings is 1. The van der Waals surface area contributed by atoms with Gasteiger partial charge < -0.3 is 9.88 Å². The van der Waals surface area contributed by atoms with Gasteiger partial charge in [-0.25, -0.2) is 4.98 Å². The Balaban J connectivity index is 1.79. The summed E-state index contributed by atoms with van der Waals surface area (Å²) >= 11 is 1.57. The lowest BCUT2D eigenvalue weighted by Gasteiger charge is -2.16. The molecule has 1 aromatic carbocycles. The van der Waals surface area contributed by atoms with Crippen LogP contribution in [0.15, 0.2) is 35.7 Å². The van der Waals surface area contributed by atoms with Crippen molar-refractivity contribution in [3.8, 4) is 10.6 Å². The third-order valence-corrected chi connectivity index (χ3v) is 5.26. The van der Waals surface area contributed by atoms with E-state index in [-0.39, 0.29) is 11.7 Å². The van der Waals surface area contributed by atoms with Gasteiger partial charge in [0.1, 0.15) is 5.01 Å². The molecule has 2 heterocycles. The average molecular weight is 367 g/mol. The molecule has 0 atom stereocenters. The van der Waals surface area contributed by atoms with E-state index in [2.05, 4.69) is 9.97 Å². The quantitative estimate of drug-likeness (QED) is 0.686. The number of nitrogens with zero attached hydrogens (tertiary/aromatic N) is 2. The van der Waals surface area contributed by atoms with Crippen LogP contribution in [0, 0.1) is 13.8 Å². The molecule has 1 amide bonds. The molecule has 0 bridgehead atoms. The molecule has 5 nitrogen and oxygen atoms in total. The molecule has 0 radical (unpaired) electrons. The van der Waals surface area contributed by atoms with Gasteiger partial charge in [-0.15, -0.1) is 11.3 Å². The van der Waals surface area contributed by atoms with Gasteiger partial charge in [-0.1, -0.05) is 30.3 Å². The first kappa shape index (κ1) is 18.1. The van der Waals surface area contributed by atoms with Crippen LogP contribution in [-0.4, -0.2) is 33.6 Å². The van der Waals surface area contributed by atoms with Crippen molar-refractivity contribution < 1.29 is 9.59 Å². The molecule has 0 fully saturated rings. The van der Waals surface area contributed by atoms with Gasteiger partial charge in [-0.05, 0) is 19.4 Å². The predicted octanol–water partition coefficient (Wildman–Crippen LogP) is 4.23. The topological polar surface area (TPSA) is 66.1 Å². The van der Waals surface area contributed by atoms with Crippen LogP contribution in [0.2, 0.25) is 0 Å². The summed E-state index contributed by atoms with van der Waals surface area (Å²) in [4.78, 5) is 33.9. The molecular formula is C20H21N3O2S. The first-order valence-electron chi connectivity index (χ1n) is 8.34. The van der Waals surface area contributed by atoms with E-state index in [0.717, 1.165) is 16.3 Å². The smallest absolute Gasteiger partial charge is 0.256 e. The van der Waals surface area contributed by atoms with E-state index in [1.807, 2.05) is 42.6 Å². The molecule has 2 aromatic heterocycles. The number of aromatic nitrogens is 2. The van der Waals surface area contributed by atoms with Crippen LogP contribution in [0.4, 0.5) is 0 Å². The fourth-order valence-corrected chi connectivity index (χ4v) is 3.84. The van der Waals surface area contributed by atoms with Gasteiger partial charge >= 0.3 is 0 Å². The Labute approximate surface area is 156 Å². The molecule has 0 saturated heterocycles. The molecule has 0 aliphatic heterocycles. The van der Waals surface area contributed by atoms with Gasteiger partial charge in [0, 0.05) is 30.6 Å². The first-order chi connectivity index (χ1) is 12.4. The number of Topliss-reactive ketones (excluding diaryl/α,β-unsaturated/α-hetero) is 1. The number of thiazole rings is 1. The Bertz CT molecular complexity index is 957. The van der Waals surface area contributed by atoms with E-state index >= 15 is 0 Å². The van der Waals surface area contributed by atoms with Crippen molar-refractivity contribution in [3.05, 3.63) is 63.9 Å². The molecule has 3 aromatic rings. The lowest BCUT2D eigenvalue weighted by molar-refractivity contribution is 0.0782. The van der Waals surface area contributed by atoms with E-state index in [1.165, 1.54) is 6.92 Å². The SMILES string of the molecule is CC(=O)c1[nH]c(C)c(C(=O)N(C)Cc2csc(-c3ccccc3)n2)c1C. The minimum atomic E-state index is -0.113. The lowest BCUT2D eigenvalue weighted by Crippen LogP contribution is -2.27. The molecule has 0 aliphatic carbocycles. The van der Waals surface area contributed by atoms with Crippen molar-refractivity contribution in [2.75, 3.05) is 7.05 Å². The van der Waals surface area contributed by atoms with E-state index in [9.17, 15) is 9.59 Å². The Morgan fingerprint density at radius 3 is 2.50 bits per heavy atom. The van der Waals surface area contributed by atoms with E-state index in [0.29, 0.717) is 29.1 Å². The number of nitrogens with one attached hydrogen (secondary N) is 1. The molecule has 0 unspecified atom stereocenters. The van der Waals surface area contributed by atoms with Crippen molar-refractivity contribution in [1.82, 2.24) is 14.9 Å². The highest BCUT2D eigenvalue weighted by Crippen LogP contribution is 2.25. The molecular weight excluding hydrogens is 346 g/mol. The van der Waals surface area contributed by atoms with E-state index in [4.69, 9.17) is 0 Å². The summed E-state index contributed by atoms with van der Waals surface area (Å²) in [5.41, 5.74) is 4.40. The maximum absolute atomic E-state index is 12.9. The number of ketones is 1. The average Bonchev–Trinajstić information content (AvgIpc) is 3.19. The first-order valence-corrected chi connectivity index (χ1v) is 9.21. The largest absolute Gasteiger partial charge is 0.355 e. The maximum atomic E-state index is 12.9. The maximum Gasteiger partial charge on any atom is 0.256 e. The molecule has 6 heteroatoms. The summed E-state index contributed by atoms with van der Waals surface area (Å²) in [6.07, 6.45) is 0. The third-order valence-electron chi connectivity index (χ3n) is 4.32. The van der Waals surface area contributed by atoms with Gasteiger partial charge in [-0.2, -0.15) is 0 Å². The van der Waals surface area contributed by atoms with Crippen LogP contribution >= 0.6 is 11.3 Å². The Morgan fingerprint density at radius 1 is 1.19 bits per heavy atom. The highest BCUT2D eigenvalue weighted by Gasteiger charge is 2.23. The number of carbonyl (C=O) groups is 2. The molecule has 0 aliphatic rings. The summed E-state index contributed by atoms with van der Waals surface area (Å²) in [5, 5.41) is 2.92. The molecule has 1 N–H and O–H groups in total. The highest BCUT2D eigenvalue weighted by atomic mass is 32.1. The number of carbonyl (C=O) groups excluding carboxylic acids is 2. The zero-order chi connectivity index (χ0) is 18.8. The van der Waals surface area contributed by atoms with Crippen molar-refractivity contribution in [1.29, 1.82) is 0 Å². The van der Waals surface area contributed by atoms with Crippen LogP contribution in [0.5, 0.6) is 0 Å². The minimum absolute atomic E-state index is 0.0701. The van der Waals surface area contributed by atoms with Crippen molar-refractivity contribution in [2.45, 2.75) is 27.3 Å². The van der Waals surface area contributed by atoms with Gasteiger partial charge in [0.25, 0.3) is 5.91 Å². The summed E-state index contributed by atoms with van der Waals surface area (Å²) in [6, 6.07) is 9.98. The molecule has 26 heavy (non-hydrogen) atoms. The number of aromatic amines is 1. The Hall–Kier alpha value is -2.73. The molecule has 134 valence electrons. The second-order valence-corrected chi connectivity index (χ2v) is 7.21. The van der Waals surface area contributed by atoms with Crippen molar-refractivity contribution >= 4 is 23.0 Å². The Kier molecular flexibility index (Phi) is 5.04. The van der Waals surface area contributed by atoms with Gasteiger partial charge in [0.05, 0.1) is 23.5 Å². The second-order valence-electron chi connectivity index (χ2n) is 6.35. The molecule has 0 saturated carbocycles. The Morgan fingerprint density at radius 2 is 1.88 bits per heavy atom. The van der Waals surface area contributed by atoms with Crippen molar-refractivity contribution in [2.24, 2.45) is 0 Å². The van der Waals surface area contributed by atoms with Crippen LogP contribution < -0.4 is 0 Å². The number of amides is 1. The zero-order valence-electron chi connectivity index (χ0n) is 15.3. The van der Waals surface area contributed by atoms with Crippen LogP contribution in [0.3, 0.4) is 0 Å². The molecule has 0 spiro atoms. The standard InChI is InChI=1S/C20H21N3O2S/c1-12-17(13(2)21-18(12)14(3)24)20(25)23(4)10-16-11-26-19(22-16)15-8-6-5-7-9-15/h5-9,11,21H,10H2,1-4H3. The fraction of sp³-hybridized carbons (Fsp3) is 0.250. The van der Waals surface area contributed by atoms with E-state index < -0.39 is 0 Å². The molecule has 3 rings (SSSR count). The van der Waals surface area contributed by atoms with Crippen LogP contribution in [0.25, 0.3) is 10.6 Å². The van der Waals surface area contributed by atoms with E-state index in [1.54, 1.807) is 30.2 Å². The van der Waals surface area contributed by atoms with Gasteiger partial charge in [0.15, 0.2) is 5.78 Å². The summed E-state index contributed by atoms with van der Waals surface area (Å²) < 4.78 is 0. The number of aryl methyl sites for hydroxylation is 1. The summed E-state index contributed by atoms with van der Waals surface area (Å²) in [5.74, 6) is -0.183. The third kappa shape index (κ3) is 3.46. The van der Waals surface area contributed by atoms with Crippen LogP contribution in [-0.2, 0) is 6.54 Å². The van der Waals surface area contributed by atoms with Crippen molar-refractivity contribution in [3.63, 3.8) is 0 Å². The lowest BCUT2D eigenvalue weighted by atomic mass is 10.1. The monoisotopic (exact) mass is 367 g/mol. The second kappa shape index (κ2) is 7.25. The van der Waals surface area contributed by atoms with Gasteiger partial charge in [-0.3, -0.25) is 9.59 Å². The summed E-state index contributed by atoms with van der Waals surface area (Å²) in [7, 11) is 1.75. The highest BCUT2D eigenvalue weighted by molar-refractivity contribution is 7.13. The fourth-order valence-electron chi connectivity index (χ4n) is 3.02. The summed E-state index contributed by atoms with van der Waals surface area (Å²) in [6.45, 7) is 5.53. The minimum Gasteiger partial charge on any atom is -0.355 e. The number of hydrogen-bond acceptors (Lipinski definition) is 4.